The van der Waals surface area contributed by atoms with Gasteiger partial charge in [0.15, 0.2) is 0 Å². The van der Waals surface area contributed by atoms with Crippen LogP contribution in [0.25, 0.3) is 0 Å². The van der Waals surface area contributed by atoms with E-state index in [0.717, 1.165) is 37.3 Å². The number of amides is 1. The number of nitrogens with zero attached hydrogens (tertiary/aromatic N) is 5. The fraction of sp³-hybridized carbons (Fsp3) is 0.529. The number of piperidine rings is 1. The number of likely N-dealkylation sites (tertiary alicyclic amines) is 1. The lowest BCUT2D eigenvalue weighted by Gasteiger charge is -2.32. The van der Waals surface area contributed by atoms with E-state index in [0.29, 0.717) is 18.4 Å². The Kier molecular flexibility index (Phi) is 4.69. The van der Waals surface area contributed by atoms with E-state index in [2.05, 4.69) is 33.6 Å². The minimum atomic E-state index is 0.182. The van der Waals surface area contributed by atoms with Gasteiger partial charge in [-0.1, -0.05) is 6.07 Å². The summed E-state index contributed by atoms with van der Waals surface area (Å²) in [5, 5.41) is 8.35. The molecule has 6 nitrogen and oxygen atoms in total. The topological polar surface area (TPSA) is 63.9 Å². The van der Waals surface area contributed by atoms with E-state index in [1.54, 1.807) is 18.7 Å². The van der Waals surface area contributed by atoms with E-state index in [-0.39, 0.29) is 5.91 Å². The van der Waals surface area contributed by atoms with E-state index in [4.69, 9.17) is 0 Å². The zero-order valence-corrected chi connectivity index (χ0v) is 13.7. The van der Waals surface area contributed by atoms with Crippen LogP contribution in [0.5, 0.6) is 0 Å². The maximum atomic E-state index is 12.4. The molecule has 0 atom stereocenters. The molecule has 1 fully saturated rings. The van der Waals surface area contributed by atoms with Gasteiger partial charge >= 0.3 is 0 Å². The van der Waals surface area contributed by atoms with Crippen molar-refractivity contribution in [2.45, 2.75) is 45.1 Å². The molecule has 2 aromatic heterocycles. The molecule has 0 unspecified atom stereocenters. The lowest BCUT2D eigenvalue weighted by molar-refractivity contribution is -0.131. The Morgan fingerprint density at radius 3 is 2.78 bits per heavy atom. The number of aromatic nitrogens is 4. The fourth-order valence-corrected chi connectivity index (χ4v) is 3.12. The van der Waals surface area contributed by atoms with Gasteiger partial charge in [0, 0.05) is 37.4 Å². The first-order valence-electron chi connectivity index (χ1n) is 8.21. The monoisotopic (exact) mass is 313 g/mol. The van der Waals surface area contributed by atoms with Crippen LogP contribution in [0, 0.1) is 0 Å². The summed E-state index contributed by atoms with van der Waals surface area (Å²) in [4.78, 5) is 18.4. The molecule has 0 aromatic carbocycles. The molecule has 3 rings (SSSR count). The number of hydrogen-bond donors (Lipinski definition) is 0. The maximum Gasteiger partial charge on any atom is 0.227 e. The van der Waals surface area contributed by atoms with Crippen LogP contribution in [0.15, 0.2) is 30.9 Å². The zero-order valence-electron chi connectivity index (χ0n) is 13.7. The fourth-order valence-electron chi connectivity index (χ4n) is 3.12. The highest BCUT2D eigenvalue weighted by Gasteiger charge is 2.27. The van der Waals surface area contributed by atoms with Crippen molar-refractivity contribution in [1.29, 1.82) is 0 Å². The smallest absolute Gasteiger partial charge is 0.227 e. The number of carbonyl (C=O) groups is 1. The zero-order chi connectivity index (χ0) is 16.2. The van der Waals surface area contributed by atoms with Crippen molar-refractivity contribution in [2.75, 3.05) is 13.1 Å². The summed E-state index contributed by atoms with van der Waals surface area (Å²) in [6, 6.07) is 4.18. The van der Waals surface area contributed by atoms with Gasteiger partial charge in [0.1, 0.15) is 12.2 Å². The SMILES string of the molecule is CC(C)n1cnnc1C1CCN(C(=O)Cc2cccnc2)CC1. The summed E-state index contributed by atoms with van der Waals surface area (Å²) >= 11 is 0. The molecule has 0 spiro atoms. The first kappa shape index (κ1) is 15.6. The van der Waals surface area contributed by atoms with Crippen LogP contribution >= 0.6 is 0 Å². The standard InChI is InChI=1S/C17H23N5O/c1-13(2)22-12-19-20-17(22)15-5-8-21(9-6-15)16(23)10-14-4-3-7-18-11-14/h3-4,7,11-13,15H,5-6,8-10H2,1-2H3. The molecule has 1 saturated heterocycles. The molecular formula is C17H23N5O. The number of rotatable bonds is 4. The lowest BCUT2D eigenvalue weighted by atomic mass is 9.95. The number of hydrogen-bond acceptors (Lipinski definition) is 4. The third kappa shape index (κ3) is 3.57. The normalized spacial score (nSPS) is 16.0. The number of carbonyl (C=O) groups excluding carboxylic acids is 1. The van der Waals surface area contributed by atoms with E-state index < -0.39 is 0 Å². The van der Waals surface area contributed by atoms with Gasteiger partial charge in [-0.15, -0.1) is 10.2 Å². The van der Waals surface area contributed by atoms with Crippen molar-refractivity contribution >= 4 is 5.91 Å². The Balaban J connectivity index is 1.58. The van der Waals surface area contributed by atoms with Crippen LogP contribution in [0.1, 0.15) is 50.0 Å². The second-order valence-corrected chi connectivity index (χ2v) is 6.38. The van der Waals surface area contributed by atoms with Crippen molar-refractivity contribution in [3.63, 3.8) is 0 Å². The Hall–Kier alpha value is -2.24. The molecule has 0 aliphatic carbocycles. The molecule has 1 aliphatic heterocycles. The summed E-state index contributed by atoms with van der Waals surface area (Å²) in [6.07, 6.45) is 7.62. The van der Waals surface area contributed by atoms with Crippen molar-refractivity contribution in [1.82, 2.24) is 24.6 Å². The largest absolute Gasteiger partial charge is 0.342 e. The second-order valence-electron chi connectivity index (χ2n) is 6.38. The van der Waals surface area contributed by atoms with Crippen LogP contribution in [-0.2, 0) is 11.2 Å². The predicted molar refractivity (Wildman–Crippen MR) is 86.9 cm³/mol. The molecule has 0 N–H and O–H groups in total. The Morgan fingerprint density at radius 1 is 1.35 bits per heavy atom. The van der Waals surface area contributed by atoms with Gasteiger partial charge in [-0.05, 0) is 38.3 Å². The second kappa shape index (κ2) is 6.89. The summed E-state index contributed by atoms with van der Waals surface area (Å²) in [5.74, 6) is 1.63. The van der Waals surface area contributed by atoms with Gasteiger partial charge in [-0.3, -0.25) is 9.78 Å². The van der Waals surface area contributed by atoms with Crippen molar-refractivity contribution in [3.8, 4) is 0 Å². The highest BCUT2D eigenvalue weighted by molar-refractivity contribution is 5.78. The van der Waals surface area contributed by atoms with Gasteiger partial charge in [0.25, 0.3) is 0 Å². The minimum absolute atomic E-state index is 0.182. The predicted octanol–water partition coefficient (Wildman–Crippen LogP) is 2.20. The molecule has 2 aromatic rings. The quantitative estimate of drug-likeness (QED) is 0.868. The Bertz CT molecular complexity index is 644. The third-order valence-electron chi connectivity index (χ3n) is 4.45. The van der Waals surface area contributed by atoms with Crippen LogP contribution < -0.4 is 0 Å². The van der Waals surface area contributed by atoms with Crippen LogP contribution in [0.3, 0.4) is 0 Å². The van der Waals surface area contributed by atoms with Crippen molar-refractivity contribution in [2.24, 2.45) is 0 Å². The molecule has 0 bridgehead atoms. The third-order valence-corrected chi connectivity index (χ3v) is 4.45. The first-order valence-corrected chi connectivity index (χ1v) is 8.21. The average Bonchev–Trinajstić information content (AvgIpc) is 3.06. The maximum absolute atomic E-state index is 12.4. The highest BCUT2D eigenvalue weighted by atomic mass is 16.2. The van der Waals surface area contributed by atoms with Crippen LogP contribution in [0.2, 0.25) is 0 Å². The lowest BCUT2D eigenvalue weighted by Crippen LogP contribution is -2.39. The molecule has 0 saturated carbocycles. The molecule has 122 valence electrons. The summed E-state index contributed by atoms with van der Waals surface area (Å²) in [6.45, 7) is 5.85. The molecule has 3 heterocycles. The van der Waals surface area contributed by atoms with Gasteiger partial charge in [0.2, 0.25) is 5.91 Å². The van der Waals surface area contributed by atoms with E-state index in [9.17, 15) is 4.79 Å². The molecule has 6 heteroatoms. The Labute approximate surface area is 136 Å². The molecule has 23 heavy (non-hydrogen) atoms. The molecule has 1 aliphatic rings. The molecular weight excluding hydrogens is 290 g/mol. The van der Waals surface area contributed by atoms with Crippen LogP contribution in [-0.4, -0.2) is 43.6 Å². The van der Waals surface area contributed by atoms with Crippen molar-refractivity contribution < 1.29 is 4.79 Å². The van der Waals surface area contributed by atoms with Gasteiger partial charge < -0.3 is 9.47 Å². The van der Waals surface area contributed by atoms with Crippen molar-refractivity contribution in [3.05, 3.63) is 42.2 Å². The Morgan fingerprint density at radius 2 is 2.13 bits per heavy atom. The van der Waals surface area contributed by atoms with Gasteiger partial charge in [-0.2, -0.15) is 0 Å². The summed E-state index contributed by atoms with van der Waals surface area (Å²) < 4.78 is 2.14. The first-order chi connectivity index (χ1) is 11.1. The minimum Gasteiger partial charge on any atom is -0.342 e. The van der Waals surface area contributed by atoms with Crippen LogP contribution in [0.4, 0.5) is 0 Å². The summed E-state index contributed by atoms with van der Waals surface area (Å²) in [7, 11) is 0. The van der Waals surface area contributed by atoms with Gasteiger partial charge in [0.05, 0.1) is 6.42 Å². The average molecular weight is 313 g/mol. The molecule has 1 amide bonds. The highest BCUT2D eigenvalue weighted by Crippen LogP contribution is 2.28. The van der Waals surface area contributed by atoms with E-state index >= 15 is 0 Å². The number of pyridine rings is 1. The molecule has 0 radical (unpaired) electrons. The van der Waals surface area contributed by atoms with E-state index in [1.807, 2.05) is 17.0 Å². The summed E-state index contributed by atoms with van der Waals surface area (Å²) in [5.41, 5.74) is 0.971. The van der Waals surface area contributed by atoms with Gasteiger partial charge in [-0.25, -0.2) is 0 Å². The van der Waals surface area contributed by atoms with E-state index in [1.165, 1.54) is 0 Å².